The molecule has 1 fully saturated rings. The Labute approximate surface area is 86.4 Å². The van der Waals surface area contributed by atoms with Crippen molar-refractivity contribution in [1.82, 2.24) is 9.80 Å². The van der Waals surface area contributed by atoms with E-state index in [4.69, 9.17) is 0 Å². The van der Waals surface area contributed by atoms with Crippen molar-refractivity contribution in [2.24, 2.45) is 0 Å². The van der Waals surface area contributed by atoms with Crippen LogP contribution in [-0.4, -0.2) is 48.9 Å². The van der Waals surface area contributed by atoms with Crippen molar-refractivity contribution in [3.8, 4) is 0 Å². The fraction of sp³-hybridized carbons (Fsp3) is 0.727. The van der Waals surface area contributed by atoms with Gasteiger partial charge in [-0.2, -0.15) is 0 Å². The molecule has 3 nitrogen and oxygen atoms in total. The molecule has 1 unspecified atom stereocenters. The number of likely N-dealkylation sites (N-methyl/N-ethyl adjacent to an activating group) is 1. The van der Waals surface area contributed by atoms with Crippen LogP contribution in [0.15, 0.2) is 12.2 Å². The molecule has 0 spiro atoms. The van der Waals surface area contributed by atoms with Crippen LogP contribution in [0.1, 0.15) is 19.8 Å². The van der Waals surface area contributed by atoms with Crippen LogP contribution in [-0.2, 0) is 4.79 Å². The molecule has 0 N–H and O–H groups in total. The van der Waals surface area contributed by atoms with Gasteiger partial charge in [-0.15, -0.1) is 0 Å². The lowest BCUT2D eigenvalue weighted by Gasteiger charge is -2.26. The first-order valence-electron chi connectivity index (χ1n) is 5.23. The van der Waals surface area contributed by atoms with Gasteiger partial charge in [0, 0.05) is 19.1 Å². The summed E-state index contributed by atoms with van der Waals surface area (Å²) in [5.41, 5.74) is 0. The Morgan fingerprint density at radius 3 is 2.86 bits per heavy atom. The summed E-state index contributed by atoms with van der Waals surface area (Å²) in [5, 5.41) is 0. The number of nitrogens with zero attached hydrogens (tertiary/aromatic N) is 2. The highest BCUT2D eigenvalue weighted by atomic mass is 16.2. The van der Waals surface area contributed by atoms with Gasteiger partial charge in [-0.1, -0.05) is 6.08 Å². The standard InChI is InChI=1S/C11H20N2O/c1-4-6-11(14)13-8-5-7-10(13)9-12(2)3/h4,6,10H,5,7-9H2,1-3H3. The molecule has 0 aromatic carbocycles. The van der Waals surface area contributed by atoms with Gasteiger partial charge in [0.15, 0.2) is 0 Å². The van der Waals surface area contributed by atoms with Crippen LogP contribution in [0.5, 0.6) is 0 Å². The van der Waals surface area contributed by atoms with E-state index in [1.807, 2.05) is 17.9 Å². The largest absolute Gasteiger partial charge is 0.335 e. The van der Waals surface area contributed by atoms with Gasteiger partial charge in [0.1, 0.15) is 0 Å². The molecule has 1 amide bonds. The molecular weight excluding hydrogens is 176 g/mol. The van der Waals surface area contributed by atoms with E-state index in [-0.39, 0.29) is 5.91 Å². The van der Waals surface area contributed by atoms with E-state index in [1.165, 1.54) is 0 Å². The molecule has 1 aliphatic heterocycles. The third-order valence-electron chi connectivity index (χ3n) is 2.55. The monoisotopic (exact) mass is 196 g/mol. The zero-order valence-electron chi connectivity index (χ0n) is 9.36. The van der Waals surface area contributed by atoms with Crippen molar-refractivity contribution in [3.63, 3.8) is 0 Å². The van der Waals surface area contributed by atoms with Crippen LogP contribution in [0, 0.1) is 0 Å². The quantitative estimate of drug-likeness (QED) is 0.631. The first kappa shape index (κ1) is 11.2. The highest BCUT2D eigenvalue weighted by Gasteiger charge is 2.27. The molecule has 0 aromatic heterocycles. The molecule has 3 heteroatoms. The Kier molecular flexibility index (Phi) is 4.14. The normalized spacial score (nSPS) is 22.6. The summed E-state index contributed by atoms with van der Waals surface area (Å²) in [6, 6.07) is 0.411. The smallest absolute Gasteiger partial charge is 0.246 e. The molecule has 0 aromatic rings. The van der Waals surface area contributed by atoms with Gasteiger partial charge in [0.05, 0.1) is 0 Å². The maximum atomic E-state index is 11.7. The van der Waals surface area contributed by atoms with Gasteiger partial charge in [-0.3, -0.25) is 4.79 Å². The molecule has 1 aliphatic rings. The van der Waals surface area contributed by atoms with Crippen molar-refractivity contribution >= 4 is 5.91 Å². The molecule has 1 rings (SSSR count). The van der Waals surface area contributed by atoms with E-state index in [9.17, 15) is 4.79 Å². The second-order valence-electron chi connectivity index (χ2n) is 4.09. The minimum absolute atomic E-state index is 0.164. The summed E-state index contributed by atoms with van der Waals surface area (Å²) in [7, 11) is 4.10. The Bertz CT molecular complexity index is 223. The van der Waals surface area contributed by atoms with E-state index < -0.39 is 0 Å². The minimum Gasteiger partial charge on any atom is -0.335 e. The molecule has 1 heterocycles. The van der Waals surface area contributed by atoms with E-state index >= 15 is 0 Å². The summed E-state index contributed by atoms with van der Waals surface area (Å²) in [6.07, 6.45) is 5.75. The second kappa shape index (κ2) is 5.15. The Morgan fingerprint density at radius 1 is 1.57 bits per heavy atom. The van der Waals surface area contributed by atoms with Gasteiger partial charge in [0.25, 0.3) is 0 Å². The molecule has 1 saturated heterocycles. The second-order valence-corrected chi connectivity index (χ2v) is 4.09. The molecular formula is C11H20N2O. The van der Waals surface area contributed by atoms with Crippen molar-refractivity contribution < 1.29 is 4.79 Å². The predicted molar refractivity (Wildman–Crippen MR) is 58.1 cm³/mol. The van der Waals surface area contributed by atoms with Gasteiger partial charge in [0.2, 0.25) is 5.91 Å². The Balaban J connectivity index is 2.54. The molecule has 0 radical (unpaired) electrons. The number of amides is 1. The molecule has 0 aliphatic carbocycles. The molecule has 0 saturated carbocycles. The van der Waals surface area contributed by atoms with Gasteiger partial charge < -0.3 is 9.80 Å². The van der Waals surface area contributed by atoms with Crippen LogP contribution in [0.3, 0.4) is 0 Å². The van der Waals surface area contributed by atoms with E-state index in [0.717, 1.165) is 25.9 Å². The van der Waals surface area contributed by atoms with Crippen LogP contribution in [0.2, 0.25) is 0 Å². The number of hydrogen-bond acceptors (Lipinski definition) is 2. The molecule has 1 atom stereocenters. The number of hydrogen-bond donors (Lipinski definition) is 0. The summed E-state index contributed by atoms with van der Waals surface area (Å²) in [6.45, 7) is 3.78. The number of rotatable bonds is 3. The van der Waals surface area contributed by atoms with Gasteiger partial charge >= 0.3 is 0 Å². The SMILES string of the molecule is CC=CC(=O)N1CCCC1CN(C)C. The molecule has 0 bridgehead atoms. The summed E-state index contributed by atoms with van der Waals surface area (Å²) in [5.74, 6) is 0.164. The Morgan fingerprint density at radius 2 is 2.29 bits per heavy atom. The predicted octanol–water partition coefficient (Wildman–Crippen LogP) is 1.12. The van der Waals surface area contributed by atoms with Crippen molar-refractivity contribution in [2.45, 2.75) is 25.8 Å². The zero-order valence-corrected chi connectivity index (χ0v) is 9.36. The third kappa shape index (κ3) is 2.84. The Hall–Kier alpha value is -0.830. The summed E-state index contributed by atoms with van der Waals surface area (Å²) in [4.78, 5) is 15.8. The van der Waals surface area contributed by atoms with Crippen molar-refractivity contribution in [1.29, 1.82) is 0 Å². The van der Waals surface area contributed by atoms with Crippen molar-refractivity contribution in [3.05, 3.63) is 12.2 Å². The van der Waals surface area contributed by atoms with Crippen LogP contribution < -0.4 is 0 Å². The fourth-order valence-corrected chi connectivity index (χ4v) is 1.98. The molecule has 14 heavy (non-hydrogen) atoms. The maximum absolute atomic E-state index is 11.7. The van der Waals surface area contributed by atoms with Gasteiger partial charge in [-0.25, -0.2) is 0 Å². The van der Waals surface area contributed by atoms with Crippen LogP contribution in [0.4, 0.5) is 0 Å². The lowest BCUT2D eigenvalue weighted by atomic mass is 10.2. The van der Waals surface area contributed by atoms with E-state index in [0.29, 0.717) is 6.04 Å². The van der Waals surface area contributed by atoms with Gasteiger partial charge in [-0.05, 0) is 39.9 Å². The van der Waals surface area contributed by atoms with Crippen molar-refractivity contribution in [2.75, 3.05) is 27.2 Å². The number of likely N-dealkylation sites (tertiary alicyclic amines) is 1. The lowest BCUT2D eigenvalue weighted by Crippen LogP contribution is -2.40. The first-order chi connectivity index (χ1) is 6.65. The average molecular weight is 196 g/mol. The molecule has 80 valence electrons. The van der Waals surface area contributed by atoms with E-state index in [1.54, 1.807) is 6.08 Å². The maximum Gasteiger partial charge on any atom is 0.246 e. The number of carbonyl (C=O) groups excluding carboxylic acids is 1. The third-order valence-corrected chi connectivity index (χ3v) is 2.55. The lowest BCUT2D eigenvalue weighted by molar-refractivity contribution is -0.127. The minimum atomic E-state index is 0.164. The highest BCUT2D eigenvalue weighted by molar-refractivity contribution is 5.87. The highest BCUT2D eigenvalue weighted by Crippen LogP contribution is 2.17. The topological polar surface area (TPSA) is 23.6 Å². The first-order valence-corrected chi connectivity index (χ1v) is 5.23. The fourth-order valence-electron chi connectivity index (χ4n) is 1.98. The number of allylic oxidation sites excluding steroid dienone is 1. The summed E-state index contributed by atoms with van der Waals surface area (Å²) >= 11 is 0. The zero-order chi connectivity index (χ0) is 10.6. The average Bonchev–Trinajstić information content (AvgIpc) is 2.51. The number of carbonyl (C=O) groups is 1. The summed E-state index contributed by atoms with van der Waals surface area (Å²) < 4.78 is 0. The van der Waals surface area contributed by atoms with E-state index in [2.05, 4.69) is 19.0 Å². The van der Waals surface area contributed by atoms with Crippen LogP contribution >= 0.6 is 0 Å². The van der Waals surface area contributed by atoms with Crippen LogP contribution in [0.25, 0.3) is 0 Å².